The van der Waals surface area contributed by atoms with Gasteiger partial charge in [-0.3, -0.25) is 4.79 Å². The molecule has 2 aromatic rings. The predicted molar refractivity (Wildman–Crippen MR) is 80.8 cm³/mol. The Balaban J connectivity index is 1.54. The van der Waals surface area contributed by atoms with E-state index >= 15 is 0 Å². The van der Waals surface area contributed by atoms with Crippen LogP contribution >= 0.6 is 0 Å². The molecule has 0 spiro atoms. The molecule has 1 aliphatic carbocycles. The highest BCUT2D eigenvalue weighted by molar-refractivity contribution is 5.77. The van der Waals surface area contributed by atoms with Gasteiger partial charge in [-0.05, 0) is 31.4 Å². The maximum absolute atomic E-state index is 11.9. The molecule has 5 nitrogen and oxygen atoms in total. The summed E-state index contributed by atoms with van der Waals surface area (Å²) in [6.07, 6.45) is 7.15. The normalized spacial score (nSPS) is 16.2. The van der Waals surface area contributed by atoms with Crippen LogP contribution in [0.15, 0.2) is 42.7 Å². The van der Waals surface area contributed by atoms with Crippen LogP contribution in [0.25, 0.3) is 5.69 Å². The van der Waals surface area contributed by atoms with Crippen LogP contribution in [0, 0.1) is 0 Å². The Hall–Kier alpha value is -2.14. The number of nitrogens with two attached hydrogens (primary N) is 1. The second kappa shape index (κ2) is 5.69. The zero-order valence-electron chi connectivity index (χ0n) is 12.0. The Labute approximate surface area is 124 Å². The number of para-hydroxylation sites is 1. The number of rotatable bonds is 5. The molecular weight excluding hydrogens is 264 g/mol. The SMILES string of the molecule is NC1(CC(=O)NCc2cnn(-c3ccccc3)c2)CCC1. The average molecular weight is 284 g/mol. The van der Waals surface area contributed by atoms with Gasteiger partial charge in [0.15, 0.2) is 0 Å². The van der Waals surface area contributed by atoms with Gasteiger partial charge in [0.2, 0.25) is 5.91 Å². The van der Waals surface area contributed by atoms with Crippen LogP contribution in [0.2, 0.25) is 0 Å². The Bertz CT molecular complexity index is 616. The fourth-order valence-corrected chi connectivity index (χ4v) is 2.56. The molecule has 0 bridgehead atoms. The molecular formula is C16H20N4O. The number of hydrogen-bond acceptors (Lipinski definition) is 3. The Morgan fingerprint density at radius 2 is 2.10 bits per heavy atom. The largest absolute Gasteiger partial charge is 0.352 e. The van der Waals surface area contributed by atoms with E-state index in [0.29, 0.717) is 13.0 Å². The summed E-state index contributed by atoms with van der Waals surface area (Å²) in [6.45, 7) is 0.488. The van der Waals surface area contributed by atoms with Crippen molar-refractivity contribution in [2.24, 2.45) is 5.73 Å². The number of nitrogens with one attached hydrogen (secondary N) is 1. The molecule has 1 saturated carbocycles. The van der Waals surface area contributed by atoms with E-state index in [2.05, 4.69) is 10.4 Å². The molecule has 1 fully saturated rings. The molecule has 0 radical (unpaired) electrons. The average Bonchev–Trinajstić information content (AvgIpc) is 2.93. The third kappa shape index (κ3) is 3.31. The van der Waals surface area contributed by atoms with Crippen LogP contribution < -0.4 is 11.1 Å². The minimum atomic E-state index is -0.266. The fraction of sp³-hybridized carbons (Fsp3) is 0.375. The van der Waals surface area contributed by atoms with Gasteiger partial charge < -0.3 is 11.1 Å². The van der Waals surface area contributed by atoms with E-state index in [1.54, 1.807) is 10.9 Å². The third-order valence-electron chi connectivity index (χ3n) is 4.01. The lowest BCUT2D eigenvalue weighted by Crippen LogP contribution is -2.49. The predicted octanol–water partition coefficient (Wildman–Crippen LogP) is 1.76. The molecule has 3 N–H and O–H groups in total. The molecule has 1 heterocycles. The second-order valence-corrected chi connectivity index (χ2v) is 5.80. The maximum Gasteiger partial charge on any atom is 0.222 e. The minimum Gasteiger partial charge on any atom is -0.352 e. The van der Waals surface area contributed by atoms with Crippen LogP contribution in [0.5, 0.6) is 0 Å². The molecule has 5 heteroatoms. The van der Waals surface area contributed by atoms with Crippen molar-refractivity contribution < 1.29 is 4.79 Å². The Morgan fingerprint density at radius 1 is 1.33 bits per heavy atom. The van der Waals surface area contributed by atoms with Crippen molar-refractivity contribution >= 4 is 5.91 Å². The standard InChI is InChI=1S/C16H20N4O/c17-16(7-4-8-16)9-15(21)18-10-13-11-19-20(12-13)14-5-2-1-3-6-14/h1-3,5-6,11-12H,4,7-10,17H2,(H,18,21). The van der Waals surface area contributed by atoms with Gasteiger partial charge >= 0.3 is 0 Å². The molecule has 0 atom stereocenters. The monoisotopic (exact) mass is 284 g/mol. The lowest BCUT2D eigenvalue weighted by molar-refractivity contribution is -0.123. The van der Waals surface area contributed by atoms with Gasteiger partial charge in [0, 0.05) is 30.3 Å². The molecule has 110 valence electrons. The first kappa shape index (κ1) is 13.8. The number of carbonyl (C=O) groups is 1. The number of amides is 1. The topological polar surface area (TPSA) is 72.9 Å². The van der Waals surface area contributed by atoms with Crippen molar-refractivity contribution in [3.05, 3.63) is 48.3 Å². The highest BCUT2D eigenvalue weighted by Gasteiger charge is 2.34. The van der Waals surface area contributed by atoms with E-state index in [0.717, 1.165) is 30.5 Å². The first-order valence-corrected chi connectivity index (χ1v) is 7.29. The summed E-state index contributed by atoms with van der Waals surface area (Å²) in [5, 5.41) is 7.22. The molecule has 3 rings (SSSR count). The molecule has 21 heavy (non-hydrogen) atoms. The first-order valence-electron chi connectivity index (χ1n) is 7.29. The summed E-state index contributed by atoms with van der Waals surface area (Å²) < 4.78 is 1.80. The van der Waals surface area contributed by atoms with E-state index in [1.165, 1.54) is 0 Å². The van der Waals surface area contributed by atoms with E-state index in [9.17, 15) is 4.79 Å². The maximum atomic E-state index is 11.9. The van der Waals surface area contributed by atoms with Gasteiger partial charge in [-0.25, -0.2) is 4.68 Å². The summed E-state index contributed by atoms with van der Waals surface area (Å²) in [5.41, 5.74) is 7.79. The number of nitrogens with zero attached hydrogens (tertiary/aromatic N) is 2. The lowest BCUT2D eigenvalue weighted by atomic mass is 9.75. The van der Waals surface area contributed by atoms with Gasteiger partial charge in [0.1, 0.15) is 0 Å². The summed E-state index contributed by atoms with van der Waals surface area (Å²) in [5.74, 6) is 0.0182. The van der Waals surface area contributed by atoms with Crippen molar-refractivity contribution in [3.8, 4) is 5.69 Å². The molecule has 1 aromatic carbocycles. The summed E-state index contributed by atoms with van der Waals surface area (Å²) in [6, 6.07) is 9.89. The molecule has 0 aliphatic heterocycles. The smallest absolute Gasteiger partial charge is 0.222 e. The van der Waals surface area contributed by atoms with Crippen molar-refractivity contribution in [1.82, 2.24) is 15.1 Å². The quantitative estimate of drug-likeness (QED) is 0.878. The summed E-state index contributed by atoms with van der Waals surface area (Å²) in [4.78, 5) is 11.9. The zero-order chi connectivity index (χ0) is 14.7. The number of carbonyl (C=O) groups excluding carboxylic acids is 1. The van der Waals surface area contributed by atoms with Crippen molar-refractivity contribution in [2.75, 3.05) is 0 Å². The lowest BCUT2D eigenvalue weighted by Gasteiger charge is -2.37. The summed E-state index contributed by atoms with van der Waals surface area (Å²) >= 11 is 0. The zero-order valence-corrected chi connectivity index (χ0v) is 12.0. The highest BCUT2D eigenvalue weighted by atomic mass is 16.1. The van der Waals surface area contributed by atoms with E-state index in [4.69, 9.17) is 5.73 Å². The Morgan fingerprint density at radius 3 is 2.76 bits per heavy atom. The van der Waals surface area contributed by atoms with E-state index in [-0.39, 0.29) is 11.4 Å². The molecule has 1 amide bonds. The number of benzene rings is 1. The first-order chi connectivity index (χ1) is 10.1. The van der Waals surface area contributed by atoms with Crippen molar-refractivity contribution in [2.45, 2.75) is 37.8 Å². The van der Waals surface area contributed by atoms with Crippen LogP contribution in [-0.4, -0.2) is 21.2 Å². The number of hydrogen-bond donors (Lipinski definition) is 2. The van der Waals surface area contributed by atoms with Crippen LogP contribution in [0.1, 0.15) is 31.2 Å². The van der Waals surface area contributed by atoms with Crippen LogP contribution in [-0.2, 0) is 11.3 Å². The van der Waals surface area contributed by atoms with Gasteiger partial charge in [-0.15, -0.1) is 0 Å². The third-order valence-corrected chi connectivity index (χ3v) is 4.01. The van der Waals surface area contributed by atoms with Gasteiger partial charge in [-0.1, -0.05) is 18.2 Å². The molecule has 0 saturated heterocycles. The fourth-order valence-electron chi connectivity index (χ4n) is 2.56. The van der Waals surface area contributed by atoms with E-state index in [1.807, 2.05) is 36.5 Å². The van der Waals surface area contributed by atoms with E-state index < -0.39 is 0 Å². The number of aromatic nitrogens is 2. The molecule has 1 aliphatic rings. The minimum absolute atomic E-state index is 0.0182. The Kier molecular flexibility index (Phi) is 3.75. The van der Waals surface area contributed by atoms with Crippen LogP contribution in [0.3, 0.4) is 0 Å². The summed E-state index contributed by atoms with van der Waals surface area (Å²) in [7, 11) is 0. The molecule has 1 aromatic heterocycles. The van der Waals surface area contributed by atoms with Gasteiger partial charge in [0.25, 0.3) is 0 Å². The molecule has 0 unspecified atom stereocenters. The highest BCUT2D eigenvalue weighted by Crippen LogP contribution is 2.31. The van der Waals surface area contributed by atoms with Gasteiger partial charge in [-0.2, -0.15) is 5.10 Å². The van der Waals surface area contributed by atoms with Crippen molar-refractivity contribution in [3.63, 3.8) is 0 Å². The second-order valence-electron chi connectivity index (χ2n) is 5.80. The van der Waals surface area contributed by atoms with Gasteiger partial charge in [0.05, 0.1) is 11.9 Å². The van der Waals surface area contributed by atoms with Crippen molar-refractivity contribution in [1.29, 1.82) is 0 Å². The van der Waals surface area contributed by atoms with Crippen LogP contribution in [0.4, 0.5) is 0 Å².